The lowest BCUT2D eigenvalue weighted by Gasteiger charge is -2.17. The Bertz CT molecular complexity index is 315. The summed E-state index contributed by atoms with van der Waals surface area (Å²) >= 11 is 0. The van der Waals surface area contributed by atoms with Crippen LogP contribution in [0.25, 0.3) is 0 Å². The van der Waals surface area contributed by atoms with Gasteiger partial charge in [0.2, 0.25) is 0 Å². The summed E-state index contributed by atoms with van der Waals surface area (Å²) < 4.78 is 5.21. The van der Waals surface area contributed by atoms with E-state index >= 15 is 0 Å². The molecule has 1 aromatic carbocycles. The van der Waals surface area contributed by atoms with Gasteiger partial charge in [-0.1, -0.05) is 25.1 Å². The molecule has 0 saturated heterocycles. The Morgan fingerprint density at radius 3 is 2.69 bits per heavy atom. The summed E-state index contributed by atoms with van der Waals surface area (Å²) in [6.45, 7) is 4.78. The van der Waals surface area contributed by atoms with Crippen LogP contribution in [-0.2, 0) is 0 Å². The average molecular weight is 223 g/mol. The van der Waals surface area contributed by atoms with Crippen LogP contribution < -0.4 is 10.1 Å². The number of para-hydroxylation sites is 1. The predicted octanol–water partition coefficient (Wildman–Crippen LogP) is 2.12. The molecular formula is C13H21NO2. The SMILES string of the molecule is CCC(C)NCC(O)c1ccccc1OC. The molecule has 0 aliphatic rings. The largest absolute Gasteiger partial charge is 0.496 e. The molecular weight excluding hydrogens is 202 g/mol. The predicted molar refractivity (Wildman–Crippen MR) is 65.7 cm³/mol. The number of ether oxygens (including phenoxy) is 1. The lowest BCUT2D eigenvalue weighted by molar-refractivity contribution is 0.166. The van der Waals surface area contributed by atoms with Crippen molar-refractivity contribution in [3.8, 4) is 5.75 Å². The molecule has 90 valence electrons. The van der Waals surface area contributed by atoms with Crippen molar-refractivity contribution in [1.29, 1.82) is 0 Å². The number of aliphatic hydroxyl groups is 1. The molecule has 3 nitrogen and oxygen atoms in total. The van der Waals surface area contributed by atoms with Gasteiger partial charge < -0.3 is 15.2 Å². The summed E-state index contributed by atoms with van der Waals surface area (Å²) in [4.78, 5) is 0. The highest BCUT2D eigenvalue weighted by Crippen LogP contribution is 2.24. The van der Waals surface area contributed by atoms with Gasteiger partial charge in [0, 0.05) is 18.2 Å². The molecule has 2 unspecified atom stereocenters. The van der Waals surface area contributed by atoms with Crippen molar-refractivity contribution in [3.63, 3.8) is 0 Å². The number of methoxy groups -OCH3 is 1. The lowest BCUT2D eigenvalue weighted by atomic mass is 10.1. The zero-order valence-corrected chi connectivity index (χ0v) is 10.2. The molecule has 0 saturated carbocycles. The van der Waals surface area contributed by atoms with Gasteiger partial charge >= 0.3 is 0 Å². The highest BCUT2D eigenvalue weighted by atomic mass is 16.5. The van der Waals surface area contributed by atoms with Gasteiger partial charge in [0.1, 0.15) is 5.75 Å². The molecule has 0 fully saturated rings. The van der Waals surface area contributed by atoms with Crippen molar-refractivity contribution in [2.75, 3.05) is 13.7 Å². The quantitative estimate of drug-likeness (QED) is 0.776. The van der Waals surface area contributed by atoms with Gasteiger partial charge in [-0.25, -0.2) is 0 Å². The van der Waals surface area contributed by atoms with E-state index in [4.69, 9.17) is 4.74 Å². The first-order valence-electron chi connectivity index (χ1n) is 5.73. The lowest BCUT2D eigenvalue weighted by Crippen LogP contribution is -2.29. The van der Waals surface area contributed by atoms with Gasteiger partial charge in [0.25, 0.3) is 0 Å². The fourth-order valence-corrected chi connectivity index (χ4v) is 1.51. The van der Waals surface area contributed by atoms with Gasteiger partial charge in [-0.05, 0) is 19.4 Å². The average Bonchev–Trinajstić information content (AvgIpc) is 2.35. The van der Waals surface area contributed by atoms with Crippen LogP contribution in [0.2, 0.25) is 0 Å². The van der Waals surface area contributed by atoms with Crippen LogP contribution in [0.4, 0.5) is 0 Å². The monoisotopic (exact) mass is 223 g/mol. The van der Waals surface area contributed by atoms with Crippen molar-refractivity contribution in [2.45, 2.75) is 32.4 Å². The van der Waals surface area contributed by atoms with Gasteiger partial charge in [0.15, 0.2) is 0 Å². The molecule has 0 aliphatic heterocycles. The normalized spacial score (nSPS) is 14.5. The molecule has 0 heterocycles. The van der Waals surface area contributed by atoms with Gasteiger partial charge in [-0.2, -0.15) is 0 Å². The Labute approximate surface area is 97.4 Å². The van der Waals surface area contributed by atoms with Crippen LogP contribution in [-0.4, -0.2) is 24.8 Å². The van der Waals surface area contributed by atoms with Crippen molar-refractivity contribution in [3.05, 3.63) is 29.8 Å². The summed E-state index contributed by atoms with van der Waals surface area (Å²) in [6.07, 6.45) is 0.531. The number of nitrogens with one attached hydrogen (secondary N) is 1. The highest BCUT2D eigenvalue weighted by molar-refractivity contribution is 5.35. The third-order valence-electron chi connectivity index (χ3n) is 2.77. The summed E-state index contributed by atoms with van der Waals surface area (Å²) in [5.41, 5.74) is 0.834. The molecule has 2 N–H and O–H groups in total. The van der Waals surface area contributed by atoms with Gasteiger partial charge in [-0.3, -0.25) is 0 Å². The summed E-state index contributed by atoms with van der Waals surface area (Å²) in [6, 6.07) is 7.98. The number of hydrogen-bond donors (Lipinski definition) is 2. The Morgan fingerprint density at radius 2 is 2.06 bits per heavy atom. The maximum absolute atomic E-state index is 10.0. The van der Waals surface area contributed by atoms with E-state index in [1.807, 2.05) is 24.3 Å². The van der Waals surface area contributed by atoms with Crippen molar-refractivity contribution >= 4 is 0 Å². The maximum atomic E-state index is 10.0. The summed E-state index contributed by atoms with van der Waals surface area (Å²) in [5.74, 6) is 0.737. The van der Waals surface area contributed by atoms with E-state index in [2.05, 4.69) is 19.2 Å². The third-order valence-corrected chi connectivity index (χ3v) is 2.77. The number of aliphatic hydroxyl groups excluding tert-OH is 1. The minimum Gasteiger partial charge on any atom is -0.496 e. The van der Waals surface area contributed by atoms with Crippen molar-refractivity contribution < 1.29 is 9.84 Å². The first-order valence-corrected chi connectivity index (χ1v) is 5.73. The number of benzene rings is 1. The second-order valence-electron chi connectivity index (χ2n) is 3.98. The van der Waals surface area contributed by atoms with E-state index in [0.29, 0.717) is 12.6 Å². The zero-order valence-electron chi connectivity index (χ0n) is 10.2. The molecule has 0 radical (unpaired) electrons. The maximum Gasteiger partial charge on any atom is 0.124 e. The number of rotatable bonds is 6. The van der Waals surface area contributed by atoms with E-state index in [0.717, 1.165) is 17.7 Å². The molecule has 0 amide bonds. The van der Waals surface area contributed by atoms with E-state index in [9.17, 15) is 5.11 Å². The van der Waals surface area contributed by atoms with Crippen LogP contribution in [0.3, 0.4) is 0 Å². The van der Waals surface area contributed by atoms with Crippen LogP contribution in [0.5, 0.6) is 5.75 Å². The van der Waals surface area contributed by atoms with E-state index in [1.54, 1.807) is 7.11 Å². The van der Waals surface area contributed by atoms with E-state index in [-0.39, 0.29) is 0 Å². The standard InChI is InChI=1S/C13H21NO2/c1-4-10(2)14-9-12(15)11-7-5-6-8-13(11)16-3/h5-8,10,12,14-15H,4,9H2,1-3H3. The molecule has 0 spiro atoms. The first-order chi connectivity index (χ1) is 7.69. The van der Waals surface area contributed by atoms with Crippen molar-refractivity contribution in [1.82, 2.24) is 5.32 Å². The summed E-state index contributed by atoms with van der Waals surface area (Å²) in [7, 11) is 1.62. The smallest absolute Gasteiger partial charge is 0.124 e. The van der Waals surface area contributed by atoms with Crippen LogP contribution in [0, 0.1) is 0 Å². The topological polar surface area (TPSA) is 41.5 Å². The Morgan fingerprint density at radius 1 is 1.38 bits per heavy atom. The molecule has 0 aliphatic carbocycles. The molecule has 0 aromatic heterocycles. The molecule has 0 bridgehead atoms. The molecule has 16 heavy (non-hydrogen) atoms. The second-order valence-corrected chi connectivity index (χ2v) is 3.98. The third kappa shape index (κ3) is 3.51. The van der Waals surface area contributed by atoms with Crippen LogP contribution in [0.1, 0.15) is 31.9 Å². The Hall–Kier alpha value is -1.06. The van der Waals surface area contributed by atoms with Gasteiger partial charge in [-0.15, -0.1) is 0 Å². The highest BCUT2D eigenvalue weighted by Gasteiger charge is 2.12. The molecule has 1 rings (SSSR count). The van der Waals surface area contributed by atoms with E-state index < -0.39 is 6.10 Å². The summed E-state index contributed by atoms with van der Waals surface area (Å²) in [5, 5.41) is 13.3. The van der Waals surface area contributed by atoms with Gasteiger partial charge in [0.05, 0.1) is 13.2 Å². The Kier molecular flexibility index (Phi) is 5.29. The number of hydrogen-bond acceptors (Lipinski definition) is 3. The van der Waals surface area contributed by atoms with Crippen LogP contribution in [0.15, 0.2) is 24.3 Å². The second kappa shape index (κ2) is 6.51. The molecule has 2 atom stereocenters. The fraction of sp³-hybridized carbons (Fsp3) is 0.538. The van der Waals surface area contributed by atoms with Crippen LogP contribution >= 0.6 is 0 Å². The Balaban J connectivity index is 2.61. The minimum absolute atomic E-state index is 0.421. The van der Waals surface area contributed by atoms with E-state index in [1.165, 1.54) is 0 Å². The molecule has 3 heteroatoms. The fourth-order valence-electron chi connectivity index (χ4n) is 1.51. The first kappa shape index (κ1) is 13.0. The zero-order chi connectivity index (χ0) is 12.0. The molecule has 1 aromatic rings. The minimum atomic E-state index is -0.523. The van der Waals surface area contributed by atoms with Crippen molar-refractivity contribution in [2.24, 2.45) is 0 Å².